The minimum atomic E-state index is -0.980. The summed E-state index contributed by atoms with van der Waals surface area (Å²) in [4.78, 5) is 52.2. The third-order valence-electron chi connectivity index (χ3n) is 6.99. The summed E-state index contributed by atoms with van der Waals surface area (Å²) in [7, 11) is 1.35. The van der Waals surface area contributed by atoms with Crippen molar-refractivity contribution in [3.63, 3.8) is 0 Å². The topological polar surface area (TPSA) is 169 Å². The molecule has 0 aromatic heterocycles. The molecule has 1 aromatic carbocycles. The van der Waals surface area contributed by atoms with Crippen LogP contribution in [0.3, 0.4) is 0 Å². The zero-order chi connectivity index (χ0) is 29.9. The van der Waals surface area contributed by atoms with Crippen LogP contribution in [0.25, 0.3) is 0 Å². The van der Waals surface area contributed by atoms with Gasteiger partial charge in [-0.3, -0.25) is 19.2 Å². The molecule has 4 N–H and O–H groups in total. The average molecular weight is 559 g/mol. The lowest BCUT2D eigenvalue weighted by Gasteiger charge is -2.35. The van der Waals surface area contributed by atoms with E-state index >= 15 is 0 Å². The van der Waals surface area contributed by atoms with Crippen molar-refractivity contribution in [2.45, 2.75) is 89.9 Å². The van der Waals surface area contributed by atoms with Crippen molar-refractivity contribution in [1.29, 1.82) is 5.26 Å². The minimum Gasteiger partial charge on any atom is -0.469 e. The van der Waals surface area contributed by atoms with Gasteiger partial charge < -0.3 is 30.5 Å². The van der Waals surface area contributed by atoms with Gasteiger partial charge in [0, 0.05) is 25.8 Å². The van der Waals surface area contributed by atoms with Crippen molar-refractivity contribution in [2.75, 3.05) is 20.3 Å². The normalized spacial score (nSPS) is 18.4. The monoisotopic (exact) mass is 558 g/mol. The van der Waals surface area contributed by atoms with E-state index in [1.54, 1.807) is 24.3 Å². The molecule has 40 heavy (non-hydrogen) atoms. The number of likely N-dealkylation sites (tertiary alicyclic amines) is 1. The molecule has 220 valence electrons. The predicted molar refractivity (Wildman–Crippen MR) is 146 cm³/mol. The van der Waals surface area contributed by atoms with Gasteiger partial charge in [0.2, 0.25) is 17.7 Å². The van der Waals surface area contributed by atoms with Gasteiger partial charge in [0.1, 0.15) is 12.1 Å². The second kappa shape index (κ2) is 15.3. The molecule has 1 aromatic rings. The summed E-state index contributed by atoms with van der Waals surface area (Å²) in [6.45, 7) is 5.00. The summed E-state index contributed by atoms with van der Waals surface area (Å²) >= 11 is 0. The Hall–Kier alpha value is -3.49. The first-order valence-corrected chi connectivity index (χ1v) is 13.7. The summed E-state index contributed by atoms with van der Waals surface area (Å²) in [5, 5.41) is 34.8. The van der Waals surface area contributed by atoms with Crippen LogP contribution in [-0.2, 0) is 23.9 Å². The van der Waals surface area contributed by atoms with Crippen molar-refractivity contribution in [3.8, 4) is 6.07 Å². The number of rotatable bonds is 13. The van der Waals surface area contributed by atoms with E-state index in [4.69, 9.17) is 5.26 Å². The molecule has 0 bridgehead atoms. The Morgan fingerprint density at radius 3 is 2.25 bits per heavy atom. The number of carbonyl (C=O) groups is 4. The van der Waals surface area contributed by atoms with Gasteiger partial charge in [-0.2, -0.15) is 5.26 Å². The molecule has 4 atom stereocenters. The molecule has 11 heteroatoms. The first kappa shape index (κ1) is 32.7. The van der Waals surface area contributed by atoms with E-state index in [0.29, 0.717) is 30.4 Å². The molecule has 1 aliphatic rings. The predicted octanol–water partition coefficient (Wildman–Crippen LogP) is 1.71. The molecule has 1 fully saturated rings. The standard InChI is InChI=1S/C29H42N4O7/c1-29(2,3)26(32-24(36)9-7-5-6-8-10-25(37)40-4)28(39)33-17-21(35)15-23(33)27(38)31-22(18-34)20-13-11-19(16-30)12-14-20/h11-14,21-23,26,34-35H,5-10,15,17-18H2,1-4H3,(H,31,38)(H,32,36)/t21-,22?,23+,26?/m1/s1. The molecule has 0 radical (unpaired) electrons. The Kier molecular flexibility index (Phi) is 12.5. The largest absolute Gasteiger partial charge is 0.469 e. The van der Waals surface area contributed by atoms with Crippen molar-refractivity contribution in [3.05, 3.63) is 35.4 Å². The van der Waals surface area contributed by atoms with Crippen LogP contribution >= 0.6 is 0 Å². The number of aliphatic hydroxyl groups is 2. The summed E-state index contributed by atoms with van der Waals surface area (Å²) < 4.78 is 4.62. The van der Waals surface area contributed by atoms with Crippen LogP contribution in [-0.4, -0.2) is 77.3 Å². The number of ether oxygens (including phenoxy) is 1. The number of amides is 3. The maximum absolute atomic E-state index is 13.7. The van der Waals surface area contributed by atoms with E-state index in [-0.39, 0.29) is 31.3 Å². The molecule has 0 spiro atoms. The molecule has 3 amide bonds. The number of nitriles is 1. The Morgan fingerprint density at radius 2 is 1.70 bits per heavy atom. The molecule has 1 saturated heterocycles. The van der Waals surface area contributed by atoms with Crippen molar-refractivity contribution in [1.82, 2.24) is 15.5 Å². The quantitative estimate of drug-likeness (QED) is 0.209. The maximum atomic E-state index is 13.7. The van der Waals surface area contributed by atoms with Gasteiger partial charge >= 0.3 is 5.97 Å². The summed E-state index contributed by atoms with van der Waals surface area (Å²) in [6, 6.07) is 5.78. The highest BCUT2D eigenvalue weighted by molar-refractivity contribution is 5.93. The fraction of sp³-hybridized carbons (Fsp3) is 0.621. The van der Waals surface area contributed by atoms with E-state index in [2.05, 4.69) is 15.4 Å². The molecule has 1 aliphatic heterocycles. The number of methoxy groups -OCH3 is 1. The first-order valence-electron chi connectivity index (χ1n) is 13.7. The van der Waals surface area contributed by atoms with E-state index in [1.165, 1.54) is 12.0 Å². The van der Waals surface area contributed by atoms with Gasteiger partial charge in [-0.05, 0) is 36.0 Å². The zero-order valence-electron chi connectivity index (χ0n) is 23.8. The number of hydrogen-bond donors (Lipinski definition) is 4. The molecule has 1 heterocycles. The van der Waals surface area contributed by atoms with Crippen LogP contribution in [0, 0.1) is 16.7 Å². The fourth-order valence-electron chi connectivity index (χ4n) is 4.66. The Bertz CT molecular complexity index is 1060. The van der Waals surface area contributed by atoms with Gasteiger partial charge in [-0.25, -0.2) is 0 Å². The third-order valence-corrected chi connectivity index (χ3v) is 6.99. The van der Waals surface area contributed by atoms with E-state index in [0.717, 1.165) is 12.8 Å². The average Bonchev–Trinajstić information content (AvgIpc) is 3.32. The highest BCUT2D eigenvalue weighted by Crippen LogP contribution is 2.27. The number of carbonyl (C=O) groups excluding carboxylic acids is 4. The third kappa shape index (κ3) is 9.61. The number of β-amino-alcohol motifs (C(OH)–C–C–N with tert-alkyl or cyclic N) is 1. The lowest BCUT2D eigenvalue weighted by Crippen LogP contribution is -2.58. The lowest BCUT2D eigenvalue weighted by atomic mass is 9.85. The number of hydrogen-bond acceptors (Lipinski definition) is 8. The van der Waals surface area contributed by atoms with Crippen LogP contribution in [0.1, 0.15) is 82.9 Å². The van der Waals surface area contributed by atoms with Crippen LogP contribution in [0.4, 0.5) is 0 Å². The summed E-state index contributed by atoms with van der Waals surface area (Å²) in [6.07, 6.45) is 2.49. The Labute approximate surface area is 235 Å². The Morgan fingerprint density at radius 1 is 1.07 bits per heavy atom. The summed E-state index contributed by atoms with van der Waals surface area (Å²) in [5.74, 6) is -1.54. The van der Waals surface area contributed by atoms with Gasteiger partial charge in [0.05, 0.1) is 37.5 Å². The molecule has 0 aliphatic carbocycles. The number of aliphatic hydroxyl groups excluding tert-OH is 2. The highest BCUT2D eigenvalue weighted by atomic mass is 16.5. The van der Waals surface area contributed by atoms with Crippen LogP contribution < -0.4 is 10.6 Å². The number of nitrogens with zero attached hydrogens (tertiary/aromatic N) is 2. The van der Waals surface area contributed by atoms with Gasteiger partial charge in [0.15, 0.2) is 0 Å². The van der Waals surface area contributed by atoms with Gasteiger partial charge in [0.25, 0.3) is 0 Å². The van der Waals surface area contributed by atoms with Gasteiger partial charge in [-0.1, -0.05) is 45.7 Å². The van der Waals surface area contributed by atoms with Crippen molar-refractivity contribution >= 4 is 23.7 Å². The van der Waals surface area contributed by atoms with Crippen LogP contribution in [0.5, 0.6) is 0 Å². The molecular weight excluding hydrogens is 516 g/mol. The lowest BCUT2D eigenvalue weighted by molar-refractivity contribution is -0.144. The second-order valence-electron chi connectivity index (χ2n) is 11.2. The highest BCUT2D eigenvalue weighted by Gasteiger charge is 2.44. The van der Waals surface area contributed by atoms with Gasteiger partial charge in [-0.15, -0.1) is 0 Å². The van der Waals surface area contributed by atoms with E-state index < -0.39 is 48.1 Å². The zero-order valence-corrected chi connectivity index (χ0v) is 23.8. The number of unbranched alkanes of at least 4 members (excludes halogenated alkanes) is 3. The molecule has 11 nitrogen and oxygen atoms in total. The van der Waals surface area contributed by atoms with Crippen molar-refractivity contribution < 1.29 is 34.1 Å². The van der Waals surface area contributed by atoms with E-state index in [1.807, 2.05) is 26.8 Å². The molecular formula is C29H42N4O7. The second-order valence-corrected chi connectivity index (χ2v) is 11.2. The van der Waals surface area contributed by atoms with Crippen LogP contribution in [0.15, 0.2) is 24.3 Å². The number of nitrogens with one attached hydrogen (secondary N) is 2. The molecule has 2 rings (SSSR count). The first-order chi connectivity index (χ1) is 18.9. The SMILES string of the molecule is COC(=O)CCCCCCC(=O)NC(C(=O)N1C[C@H](O)C[C@H]1C(=O)NC(CO)c1ccc(C#N)cc1)C(C)(C)C. The van der Waals surface area contributed by atoms with Crippen molar-refractivity contribution in [2.24, 2.45) is 5.41 Å². The minimum absolute atomic E-state index is 0.0273. The van der Waals surface area contributed by atoms with Crippen LogP contribution in [0.2, 0.25) is 0 Å². The summed E-state index contributed by atoms with van der Waals surface area (Å²) in [5.41, 5.74) is 0.366. The van der Waals surface area contributed by atoms with E-state index in [9.17, 15) is 29.4 Å². The molecule has 0 saturated carbocycles. The maximum Gasteiger partial charge on any atom is 0.305 e. The number of benzene rings is 1. The smallest absolute Gasteiger partial charge is 0.305 e. The number of esters is 1. The molecule has 2 unspecified atom stereocenters. The fourth-order valence-corrected chi connectivity index (χ4v) is 4.66. The Balaban J connectivity index is 2.04.